The molecular weight excluding hydrogens is 462 g/mol. The van der Waals surface area contributed by atoms with E-state index in [0.717, 1.165) is 74.4 Å². The summed E-state index contributed by atoms with van der Waals surface area (Å²) in [4.78, 5) is 14.3. The molecule has 0 saturated carbocycles. The molecule has 0 unspecified atom stereocenters. The molecule has 2 aliphatic rings. The van der Waals surface area contributed by atoms with Gasteiger partial charge in [0.1, 0.15) is 12.4 Å². The molecular formula is C30H39N5O2. The first-order chi connectivity index (χ1) is 18.3. The van der Waals surface area contributed by atoms with E-state index in [-0.39, 0.29) is 0 Å². The number of nitrogens with one attached hydrogen (secondary N) is 1. The number of rotatable bonds is 9. The molecule has 0 spiro atoms. The molecule has 7 nitrogen and oxygen atoms in total. The van der Waals surface area contributed by atoms with Crippen LogP contribution in [0.15, 0.2) is 60.8 Å². The minimum absolute atomic E-state index is 0.402. The van der Waals surface area contributed by atoms with E-state index in [2.05, 4.69) is 44.4 Å². The third-order valence-corrected chi connectivity index (χ3v) is 7.36. The highest BCUT2D eigenvalue weighted by atomic mass is 16.5. The normalized spacial score (nSPS) is 17.3. The summed E-state index contributed by atoms with van der Waals surface area (Å²) in [5.74, 6) is 3.38. The number of anilines is 2. The number of hydrogen-bond acceptors (Lipinski definition) is 7. The van der Waals surface area contributed by atoms with Crippen LogP contribution in [0.3, 0.4) is 0 Å². The fraction of sp³-hybridized carbons (Fsp3) is 0.467. The zero-order valence-electron chi connectivity index (χ0n) is 21.9. The van der Waals surface area contributed by atoms with Crippen LogP contribution in [-0.4, -0.2) is 54.2 Å². The lowest BCUT2D eigenvalue weighted by Crippen LogP contribution is -2.39. The summed E-state index contributed by atoms with van der Waals surface area (Å²) in [6.45, 7) is 5.71. The predicted octanol–water partition coefficient (Wildman–Crippen LogP) is 5.52. The third-order valence-electron chi connectivity index (χ3n) is 7.36. The first-order valence-corrected chi connectivity index (χ1v) is 13.7. The number of ether oxygens (including phenoxy) is 2. The topological polar surface area (TPSA) is 62.8 Å². The van der Waals surface area contributed by atoms with Crippen LogP contribution < -0.4 is 19.7 Å². The lowest BCUT2D eigenvalue weighted by Gasteiger charge is -2.32. The van der Waals surface area contributed by atoms with Gasteiger partial charge in [-0.25, -0.2) is 4.98 Å². The van der Waals surface area contributed by atoms with E-state index in [1.165, 1.54) is 31.2 Å². The Morgan fingerprint density at radius 2 is 1.65 bits per heavy atom. The number of aromatic nitrogens is 2. The standard InChI is InChI=1S/C30H39N5O2/c1-36-28-21-25(11-12-27(28)37-23-24-9-5-4-6-10-24)22-34-19-14-26(15-20-34)32-30-31-16-13-29(33-30)35-17-7-2-3-8-18-35/h4-6,9-13,16,21,26H,2-3,7-8,14-15,17-20,22-23H2,1H3,(H,31,32,33). The van der Waals surface area contributed by atoms with Gasteiger partial charge < -0.3 is 19.7 Å². The molecule has 3 heterocycles. The van der Waals surface area contributed by atoms with Gasteiger partial charge in [-0.05, 0) is 55.0 Å². The van der Waals surface area contributed by atoms with Gasteiger partial charge in [-0.3, -0.25) is 4.90 Å². The van der Waals surface area contributed by atoms with Crippen molar-refractivity contribution < 1.29 is 9.47 Å². The minimum Gasteiger partial charge on any atom is -0.493 e. The average Bonchev–Trinajstić information content (AvgIpc) is 3.24. The van der Waals surface area contributed by atoms with E-state index >= 15 is 0 Å². The number of benzene rings is 2. The van der Waals surface area contributed by atoms with E-state index in [1.807, 2.05) is 36.5 Å². The minimum atomic E-state index is 0.402. The van der Waals surface area contributed by atoms with Crippen LogP contribution in [0.2, 0.25) is 0 Å². The Morgan fingerprint density at radius 1 is 0.865 bits per heavy atom. The maximum absolute atomic E-state index is 6.02. The molecule has 2 saturated heterocycles. The quantitative estimate of drug-likeness (QED) is 0.414. The van der Waals surface area contributed by atoms with Gasteiger partial charge >= 0.3 is 0 Å². The van der Waals surface area contributed by atoms with E-state index < -0.39 is 0 Å². The SMILES string of the molecule is COc1cc(CN2CCC(Nc3nccc(N4CCCCCC4)n3)CC2)ccc1OCc1ccccc1. The van der Waals surface area contributed by atoms with Crippen molar-refractivity contribution in [2.24, 2.45) is 0 Å². The van der Waals surface area contributed by atoms with Crippen molar-refractivity contribution in [2.75, 3.05) is 43.5 Å². The molecule has 196 valence electrons. The number of nitrogens with zero attached hydrogens (tertiary/aromatic N) is 4. The van der Waals surface area contributed by atoms with Gasteiger partial charge in [-0.2, -0.15) is 4.98 Å². The predicted molar refractivity (Wildman–Crippen MR) is 148 cm³/mol. The third kappa shape index (κ3) is 7.13. The van der Waals surface area contributed by atoms with Crippen molar-refractivity contribution in [3.63, 3.8) is 0 Å². The number of hydrogen-bond donors (Lipinski definition) is 1. The highest BCUT2D eigenvalue weighted by Crippen LogP contribution is 2.30. The first kappa shape index (κ1) is 25.3. The summed E-state index contributed by atoms with van der Waals surface area (Å²) in [6.07, 6.45) is 9.19. The molecule has 0 radical (unpaired) electrons. The summed E-state index contributed by atoms with van der Waals surface area (Å²) >= 11 is 0. The Labute approximate surface area is 220 Å². The van der Waals surface area contributed by atoms with Gasteiger partial charge in [0.05, 0.1) is 7.11 Å². The molecule has 0 amide bonds. The molecule has 7 heteroatoms. The fourth-order valence-electron chi connectivity index (χ4n) is 5.24. The van der Waals surface area contributed by atoms with Gasteiger partial charge in [0, 0.05) is 45.0 Å². The highest BCUT2D eigenvalue weighted by molar-refractivity contribution is 5.44. The van der Waals surface area contributed by atoms with E-state index in [9.17, 15) is 0 Å². The van der Waals surface area contributed by atoms with Crippen molar-refractivity contribution >= 4 is 11.8 Å². The zero-order valence-corrected chi connectivity index (χ0v) is 21.9. The summed E-state index contributed by atoms with van der Waals surface area (Å²) in [6, 6.07) is 18.9. The summed E-state index contributed by atoms with van der Waals surface area (Å²) in [5.41, 5.74) is 2.38. The van der Waals surface area contributed by atoms with Crippen molar-refractivity contribution in [1.82, 2.24) is 14.9 Å². The summed E-state index contributed by atoms with van der Waals surface area (Å²) in [7, 11) is 1.70. The zero-order chi connectivity index (χ0) is 25.3. The first-order valence-electron chi connectivity index (χ1n) is 13.7. The van der Waals surface area contributed by atoms with E-state index in [0.29, 0.717) is 12.6 Å². The molecule has 1 N–H and O–H groups in total. The molecule has 0 bridgehead atoms. The van der Waals surface area contributed by atoms with Gasteiger partial charge in [0.15, 0.2) is 11.5 Å². The van der Waals surface area contributed by atoms with Gasteiger partial charge in [0.25, 0.3) is 0 Å². The highest BCUT2D eigenvalue weighted by Gasteiger charge is 2.21. The molecule has 2 aromatic carbocycles. The van der Waals surface area contributed by atoms with E-state index in [4.69, 9.17) is 14.5 Å². The van der Waals surface area contributed by atoms with Crippen LogP contribution in [0.5, 0.6) is 11.5 Å². The van der Waals surface area contributed by atoms with Crippen LogP contribution in [0.1, 0.15) is 49.7 Å². The van der Waals surface area contributed by atoms with Crippen molar-refractivity contribution in [2.45, 2.75) is 57.7 Å². The van der Waals surface area contributed by atoms with Gasteiger partial charge in [-0.15, -0.1) is 0 Å². The molecule has 2 fully saturated rings. The maximum Gasteiger partial charge on any atom is 0.224 e. The molecule has 1 aromatic heterocycles. The van der Waals surface area contributed by atoms with E-state index in [1.54, 1.807) is 7.11 Å². The van der Waals surface area contributed by atoms with Crippen LogP contribution in [0, 0.1) is 0 Å². The molecule has 0 aliphatic carbocycles. The van der Waals surface area contributed by atoms with Gasteiger partial charge in [0.2, 0.25) is 5.95 Å². The maximum atomic E-state index is 6.02. The largest absolute Gasteiger partial charge is 0.493 e. The van der Waals surface area contributed by atoms with Crippen molar-refractivity contribution in [3.05, 3.63) is 71.9 Å². The monoisotopic (exact) mass is 501 g/mol. The average molecular weight is 502 g/mol. The van der Waals surface area contributed by atoms with Crippen LogP contribution in [0.25, 0.3) is 0 Å². The summed E-state index contributed by atoms with van der Waals surface area (Å²) < 4.78 is 11.7. The number of likely N-dealkylation sites (tertiary alicyclic amines) is 1. The second-order valence-electron chi connectivity index (χ2n) is 10.1. The molecule has 37 heavy (non-hydrogen) atoms. The molecule has 2 aliphatic heterocycles. The Balaban J connectivity index is 1.11. The number of piperidine rings is 1. The smallest absolute Gasteiger partial charge is 0.224 e. The lowest BCUT2D eigenvalue weighted by atomic mass is 10.0. The molecule has 3 aromatic rings. The Kier molecular flexibility index (Phi) is 8.74. The fourth-order valence-corrected chi connectivity index (χ4v) is 5.24. The molecule has 0 atom stereocenters. The van der Waals surface area contributed by atoms with Crippen LogP contribution in [0.4, 0.5) is 11.8 Å². The number of methoxy groups -OCH3 is 1. The van der Waals surface area contributed by atoms with Crippen LogP contribution in [-0.2, 0) is 13.2 Å². The van der Waals surface area contributed by atoms with Crippen molar-refractivity contribution in [1.29, 1.82) is 0 Å². The summed E-state index contributed by atoms with van der Waals surface area (Å²) in [5, 5.41) is 3.60. The second kappa shape index (κ2) is 12.8. The molecule has 5 rings (SSSR count). The second-order valence-corrected chi connectivity index (χ2v) is 10.1. The van der Waals surface area contributed by atoms with Gasteiger partial charge in [-0.1, -0.05) is 49.2 Å². The van der Waals surface area contributed by atoms with Crippen molar-refractivity contribution in [3.8, 4) is 11.5 Å². The Hall–Kier alpha value is -3.32. The lowest BCUT2D eigenvalue weighted by molar-refractivity contribution is 0.210. The van der Waals surface area contributed by atoms with Crippen LogP contribution >= 0.6 is 0 Å². The Bertz CT molecular complexity index is 1110. The Morgan fingerprint density at radius 3 is 2.41 bits per heavy atom.